The molecule has 1 aromatic heterocycles. The molecule has 1 fully saturated rings. The Morgan fingerprint density at radius 3 is 2.74 bits per heavy atom. The minimum atomic E-state index is 0.0131. The van der Waals surface area contributed by atoms with Gasteiger partial charge in [-0.2, -0.15) is 0 Å². The predicted octanol–water partition coefficient (Wildman–Crippen LogP) is 1.54. The van der Waals surface area contributed by atoms with Gasteiger partial charge in [0.1, 0.15) is 6.54 Å². The van der Waals surface area contributed by atoms with E-state index in [9.17, 15) is 4.79 Å². The van der Waals surface area contributed by atoms with Gasteiger partial charge in [0.15, 0.2) is 0 Å². The van der Waals surface area contributed by atoms with E-state index in [1.54, 1.807) is 0 Å². The molecule has 0 unspecified atom stereocenters. The molecule has 0 spiro atoms. The van der Waals surface area contributed by atoms with Gasteiger partial charge in [0.2, 0.25) is 11.9 Å². The fraction of sp³-hybridized carbons (Fsp3) is 0.500. The number of aryl methyl sites for hydroxylation is 1. The highest BCUT2D eigenvalue weighted by atomic mass is 16.2. The Balaban J connectivity index is 1.79. The summed E-state index contributed by atoms with van der Waals surface area (Å²) in [6, 6.07) is 8.48. The zero-order chi connectivity index (χ0) is 16.2. The molecule has 2 N–H and O–H groups in total. The van der Waals surface area contributed by atoms with Gasteiger partial charge in [-0.3, -0.25) is 4.79 Å². The lowest BCUT2D eigenvalue weighted by Gasteiger charge is -2.29. The van der Waals surface area contributed by atoms with E-state index in [0.29, 0.717) is 12.6 Å². The SMILES string of the molecule is Cc1ccccc1CN(C(=O)Cn1nnnc1N)C1CCCC1. The van der Waals surface area contributed by atoms with Crippen LogP contribution in [0.25, 0.3) is 0 Å². The van der Waals surface area contributed by atoms with E-state index in [1.165, 1.54) is 28.7 Å². The van der Waals surface area contributed by atoms with Gasteiger partial charge in [-0.05, 0) is 41.3 Å². The lowest BCUT2D eigenvalue weighted by molar-refractivity contribution is -0.135. The molecule has 7 heteroatoms. The second-order valence-electron chi connectivity index (χ2n) is 6.08. The number of tetrazole rings is 1. The maximum atomic E-state index is 12.8. The normalized spacial score (nSPS) is 15.0. The molecule has 1 saturated carbocycles. The summed E-state index contributed by atoms with van der Waals surface area (Å²) in [5.74, 6) is 0.180. The Kier molecular flexibility index (Phi) is 4.55. The molecular weight excluding hydrogens is 292 g/mol. The van der Waals surface area contributed by atoms with Crippen molar-refractivity contribution in [3.8, 4) is 0 Å². The lowest BCUT2D eigenvalue weighted by atomic mass is 10.1. The van der Waals surface area contributed by atoms with E-state index in [4.69, 9.17) is 5.73 Å². The average molecular weight is 314 g/mol. The van der Waals surface area contributed by atoms with Crippen molar-refractivity contribution in [3.05, 3.63) is 35.4 Å². The van der Waals surface area contributed by atoms with Crippen LogP contribution < -0.4 is 5.73 Å². The highest BCUT2D eigenvalue weighted by molar-refractivity contribution is 5.76. The second-order valence-corrected chi connectivity index (χ2v) is 6.08. The third-order valence-corrected chi connectivity index (χ3v) is 4.53. The van der Waals surface area contributed by atoms with Gasteiger partial charge in [-0.1, -0.05) is 42.2 Å². The van der Waals surface area contributed by atoms with Crippen LogP contribution in [0.1, 0.15) is 36.8 Å². The monoisotopic (exact) mass is 314 g/mol. The first kappa shape index (κ1) is 15.5. The van der Waals surface area contributed by atoms with E-state index < -0.39 is 0 Å². The largest absolute Gasteiger partial charge is 0.367 e. The van der Waals surface area contributed by atoms with Crippen molar-refractivity contribution < 1.29 is 4.79 Å². The standard InChI is InChI=1S/C16H22N6O/c1-12-6-2-3-7-13(12)10-21(14-8-4-5-9-14)15(23)11-22-16(17)18-19-20-22/h2-3,6-7,14H,4-5,8-11H2,1H3,(H2,17,18,20). The second kappa shape index (κ2) is 6.76. The summed E-state index contributed by atoms with van der Waals surface area (Å²) < 4.78 is 1.35. The molecule has 0 radical (unpaired) electrons. The number of rotatable bonds is 5. The topological polar surface area (TPSA) is 89.9 Å². The fourth-order valence-corrected chi connectivity index (χ4v) is 3.15. The van der Waals surface area contributed by atoms with Crippen molar-refractivity contribution in [1.29, 1.82) is 0 Å². The number of carbonyl (C=O) groups is 1. The van der Waals surface area contributed by atoms with Gasteiger partial charge in [-0.25, -0.2) is 4.68 Å². The van der Waals surface area contributed by atoms with Crippen LogP contribution in [-0.2, 0) is 17.9 Å². The quantitative estimate of drug-likeness (QED) is 0.904. The first-order valence-electron chi connectivity index (χ1n) is 8.01. The van der Waals surface area contributed by atoms with Crippen molar-refractivity contribution in [2.45, 2.75) is 51.7 Å². The minimum Gasteiger partial charge on any atom is -0.367 e. The molecule has 1 aliphatic carbocycles. The zero-order valence-electron chi connectivity index (χ0n) is 13.4. The Morgan fingerprint density at radius 1 is 1.35 bits per heavy atom. The van der Waals surface area contributed by atoms with Crippen LogP contribution in [0.3, 0.4) is 0 Å². The molecule has 0 bridgehead atoms. The molecular formula is C16H22N6O. The number of hydrogen-bond donors (Lipinski definition) is 1. The summed E-state index contributed by atoms with van der Waals surface area (Å²) >= 11 is 0. The van der Waals surface area contributed by atoms with Gasteiger partial charge >= 0.3 is 0 Å². The minimum absolute atomic E-state index is 0.0131. The van der Waals surface area contributed by atoms with E-state index >= 15 is 0 Å². The molecule has 0 aliphatic heterocycles. The van der Waals surface area contributed by atoms with Crippen LogP contribution in [0.2, 0.25) is 0 Å². The maximum absolute atomic E-state index is 12.8. The number of amides is 1. The van der Waals surface area contributed by atoms with Crippen LogP contribution in [-0.4, -0.2) is 37.1 Å². The third-order valence-electron chi connectivity index (χ3n) is 4.53. The van der Waals surface area contributed by atoms with Gasteiger partial charge in [-0.15, -0.1) is 0 Å². The van der Waals surface area contributed by atoms with E-state index in [1.807, 2.05) is 17.0 Å². The van der Waals surface area contributed by atoms with Crippen LogP contribution in [0, 0.1) is 6.92 Å². The number of hydrogen-bond acceptors (Lipinski definition) is 5. The van der Waals surface area contributed by atoms with E-state index in [-0.39, 0.29) is 18.4 Å². The molecule has 0 saturated heterocycles. The maximum Gasteiger partial charge on any atom is 0.245 e. The zero-order valence-corrected chi connectivity index (χ0v) is 13.4. The molecule has 1 aliphatic rings. The van der Waals surface area contributed by atoms with Gasteiger partial charge in [0.25, 0.3) is 0 Å². The van der Waals surface area contributed by atoms with Crippen molar-refractivity contribution in [1.82, 2.24) is 25.1 Å². The van der Waals surface area contributed by atoms with Crippen LogP contribution in [0.4, 0.5) is 5.95 Å². The Morgan fingerprint density at radius 2 is 2.09 bits per heavy atom. The van der Waals surface area contributed by atoms with Crippen LogP contribution in [0.5, 0.6) is 0 Å². The highest BCUT2D eigenvalue weighted by Crippen LogP contribution is 2.26. The van der Waals surface area contributed by atoms with Crippen molar-refractivity contribution in [2.75, 3.05) is 5.73 Å². The molecule has 7 nitrogen and oxygen atoms in total. The van der Waals surface area contributed by atoms with Crippen molar-refractivity contribution in [2.24, 2.45) is 0 Å². The lowest BCUT2D eigenvalue weighted by Crippen LogP contribution is -2.40. The molecule has 1 heterocycles. The van der Waals surface area contributed by atoms with Crippen LogP contribution in [0.15, 0.2) is 24.3 Å². The Hall–Kier alpha value is -2.44. The molecule has 1 amide bonds. The summed E-state index contributed by atoms with van der Waals surface area (Å²) in [6.07, 6.45) is 4.47. The number of benzene rings is 1. The predicted molar refractivity (Wildman–Crippen MR) is 86.2 cm³/mol. The summed E-state index contributed by atoms with van der Waals surface area (Å²) in [4.78, 5) is 14.8. The first-order chi connectivity index (χ1) is 11.1. The summed E-state index contributed by atoms with van der Waals surface area (Å²) in [5, 5.41) is 10.9. The summed E-state index contributed by atoms with van der Waals surface area (Å²) in [6.45, 7) is 2.78. The van der Waals surface area contributed by atoms with Crippen molar-refractivity contribution >= 4 is 11.9 Å². The third kappa shape index (κ3) is 3.49. The summed E-state index contributed by atoms with van der Waals surface area (Å²) in [7, 11) is 0. The highest BCUT2D eigenvalue weighted by Gasteiger charge is 2.27. The van der Waals surface area contributed by atoms with Crippen molar-refractivity contribution in [3.63, 3.8) is 0 Å². The molecule has 3 rings (SSSR count). The summed E-state index contributed by atoms with van der Waals surface area (Å²) in [5.41, 5.74) is 8.05. The average Bonchev–Trinajstić information content (AvgIpc) is 3.19. The molecule has 122 valence electrons. The Labute approximate surface area is 135 Å². The number of nitrogen functional groups attached to an aromatic ring is 1. The fourth-order valence-electron chi connectivity index (χ4n) is 3.15. The molecule has 23 heavy (non-hydrogen) atoms. The van der Waals surface area contributed by atoms with Crippen LogP contribution >= 0.6 is 0 Å². The number of nitrogens with two attached hydrogens (primary N) is 1. The number of nitrogens with zero attached hydrogens (tertiary/aromatic N) is 5. The smallest absolute Gasteiger partial charge is 0.245 e. The van der Waals surface area contributed by atoms with Gasteiger partial charge < -0.3 is 10.6 Å². The molecule has 0 atom stereocenters. The van der Waals surface area contributed by atoms with Gasteiger partial charge in [0, 0.05) is 12.6 Å². The molecule has 1 aromatic carbocycles. The Bertz CT molecular complexity index is 677. The number of carbonyl (C=O) groups excluding carboxylic acids is 1. The number of aromatic nitrogens is 4. The van der Waals surface area contributed by atoms with E-state index in [2.05, 4.69) is 34.6 Å². The van der Waals surface area contributed by atoms with Gasteiger partial charge in [0.05, 0.1) is 0 Å². The number of anilines is 1. The first-order valence-corrected chi connectivity index (χ1v) is 8.01. The molecule has 2 aromatic rings. The van der Waals surface area contributed by atoms with E-state index in [0.717, 1.165) is 12.8 Å².